The Labute approximate surface area is 106 Å². The minimum Gasteiger partial charge on any atom is -0.491 e. The van der Waals surface area contributed by atoms with Crippen molar-refractivity contribution >= 4 is 15.9 Å². The van der Waals surface area contributed by atoms with Gasteiger partial charge in [0.25, 0.3) is 0 Å². The van der Waals surface area contributed by atoms with E-state index < -0.39 is 0 Å². The molecule has 0 saturated carbocycles. The zero-order valence-corrected chi connectivity index (χ0v) is 11.7. The van der Waals surface area contributed by atoms with Crippen LogP contribution in [0.3, 0.4) is 0 Å². The Hall–Kier alpha value is -0.540. The summed E-state index contributed by atoms with van der Waals surface area (Å²) in [4.78, 5) is 0. The van der Waals surface area contributed by atoms with Crippen LogP contribution in [-0.4, -0.2) is 18.8 Å². The maximum Gasteiger partial charge on any atom is 0.119 e. The highest BCUT2D eigenvalue weighted by Gasteiger charge is 2.14. The zero-order chi connectivity index (χ0) is 12.0. The Balaban J connectivity index is 2.23. The van der Waals surface area contributed by atoms with Crippen LogP contribution in [0.2, 0.25) is 0 Å². The van der Waals surface area contributed by atoms with Crippen LogP contribution in [0, 0.1) is 0 Å². The highest BCUT2D eigenvalue weighted by Crippen LogP contribution is 2.16. The average molecular weight is 287 g/mol. The molecule has 3 heteroatoms. The number of benzene rings is 1. The molecule has 1 rings (SSSR count). The van der Waals surface area contributed by atoms with Gasteiger partial charge < -0.3 is 9.47 Å². The normalized spacial score (nSPS) is 11.5. The lowest BCUT2D eigenvalue weighted by Gasteiger charge is -2.23. The summed E-state index contributed by atoms with van der Waals surface area (Å²) in [6.07, 6.45) is 1.01. The monoisotopic (exact) mass is 286 g/mol. The first kappa shape index (κ1) is 13.5. The minimum atomic E-state index is -0.0525. The van der Waals surface area contributed by atoms with E-state index in [1.54, 1.807) is 0 Å². The highest BCUT2D eigenvalue weighted by atomic mass is 79.9. The second-order valence-corrected chi connectivity index (χ2v) is 5.18. The first-order chi connectivity index (χ1) is 7.53. The van der Waals surface area contributed by atoms with Gasteiger partial charge in [-0.3, -0.25) is 0 Å². The van der Waals surface area contributed by atoms with E-state index >= 15 is 0 Å². The lowest BCUT2D eigenvalue weighted by molar-refractivity contribution is -0.0317. The standard InChI is InChI=1S/C13H19BrO2/c1-4-13(2,3)16-10-9-15-12-7-5-11(14)6-8-12/h5-8H,4,9-10H2,1-3H3. The molecule has 1 aromatic rings. The van der Waals surface area contributed by atoms with Gasteiger partial charge in [-0.05, 0) is 44.5 Å². The van der Waals surface area contributed by atoms with E-state index in [9.17, 15) is 0 Å². The fraction of sp³-hybridized carbons (Fsp3) is 0.538. The Morgan fingerprint density at radius 1 is 1.12 bits per heavy atom. The molecule has 0 amide bonds. The third-order valence-corrected chi connectivity index (χ3v) is 3.04. The van der Waals surface area contributed by atoms with Crippen molar-refractivity contribution in [2.75, 3.05) is 13.2 Å². The fourth-order valence-corrected chi connectivity index (χ4v) is 1.37. The smallest absolute Gasteiger partial charge is 0.119 e. The van der Waals surface area contributed by atoms with Crippen molar-refractivity contribution < 1.29 is 9.47 Å². The van der Waals surface area contributed by atoms with Crippen molar-refractivity contribution in [3.05, 3.63) is 28.7 Å². The predicted molar refractivity (Wildman–Crippen MR) is 70.0 cm³/mol. The Morgan fingerprint density at radius 3 is 2.31 bits per heavy atom. The van der Waals surface area contributed by atoms with Crippen molar-refractivity contribution in [3.63, 3.8) is 0 Å². The van der Waals surface area contributed by atoms with Crippen LogP contribution in [0.1, 0.15) is 27.2 Å². The van der Waals surface area contributed by atoms with E-state index in [4.69, 9.17) is 9.47 Å². The van der Waals surface area contributed by atoms with Gasteiger partial charge in [0.15, 0.2) is 0 Å². The van der Waals surface area contributed by atoms with Gasteiger partial charge in [-0.15, -0.1) is 0 Å². The summed E-state index contributed by atoms with van der Waals surface area (Å²) < 4.78 is 12.3. The van der Waals surface area contributed by atoms with Gasteiger partial charge >= 0.3 is 0 Å². The molecule has 0 fully saturated rings. The molecule has 0 aliphatic rings. The molecule has 0 heterocycles. The van der Waals surface area contributed by atoms with Crippen LogP contribution in [0.15, 0.2) is 28.7 Å². The summed E-state index contributed by atoms with van der Waals surface area (Å²) in [5, 5.41) is 0. The van der Waals surface area contributed by atoms with Gasteiger partial charge in [0, 0.05) is 4.47 Å². The van der Waals surface area contributed by atoms with Gasteiger partial charge in [0.1, 0.15) is 12.4 Å². The maximum absolute atomic E-state index is 5.69. The number of rotatable bonds is 6. The third kappa shape index (κ3) is 4.99. The van der Waals surface area contributed by atoms with Gasteiger partial charge in [-0.1, -0.05) is 22.9 Å². The summed E-state index contributed by atoms with van der Waals surface area (Å²) in [6.45, 7) is 7.51. The van der Waals surface area contributed by atoms with Gasteiger partial charge in [-0.25, -0.2) is 0 Å². The van der Waals surface area contributed by atoms with Crippen LogP contribution >= 0.6 is 15.9 Å². The molecule has 0 atom stereocenters. The van der Waals surface area contributed by atoms with Crippen LogP contribution < -0.4 is 4.74 Å². The quantitative estimate of drug-likeness (QED) is 0.735. The molecular formula is C13H19BrO2. The molecule has 0 radical (unpaired) electrons. The summed E-state index contributed by atoms with van der Waals surface area (Å²) in [5.74, 6) is 0.876. The molecule has 0 aliphatic carbocycles. The lowest BCUT2D eigenvalue weighted by atomic mass is 10.1. The van der Waals surface area contributed by atoms with Crippen LogP contribution in [0.25, 0.3) is 0 Å². The fourth-order valence-electron chi connectivity index (χ4n) is 1.11. The second kappa shape index (κ2) is 6.26. The Kier molecular flexibility index (Phi) is 5.29. The molecular weight excluding hydrogens is 268 g/mol. The molecule has 16 heavy (non-hydrogen) atoms. The number of ether oxygens (including phenoxy) is 2. The second-order valence-electron chi connectivity index (χ2n) is 4.26. The molecule has 0 bridgehead atoms. The number of halogens is 1. The number of hydrogen-bond donors (Lipinski definition) is 0. The molecule has 0 aliphatic heterocycles. The summed E-state index contributed by atoms with van der Waals surface area (Å²) in [5.41, 5.74) is -0.0525. The van der Waals surface area contributed by atoms with Gasteiger partial charge in [0.05, 0.1) is 12.2 Å². The zero-order valence-electron chi connectivity index (χ0n) is 10.1. The summed E-state index contributed by atoms with van der Waals surface area (Å²) in [7, 11) is 0. The summed E-state index contributed by atoms with van der Waals surface area (Å²) in [6, 6.07) is 7.81. The maximum atomic E-state index is 5.69. The number of hydrogen-bond acceptors (Lipinski definition) is 2. The van der Waals surface area contributed by atoms with Gasteiger partial charge in [0.2, 0.25) is 0 Å². The van der Waals surface area contributed by atoms with E-state index in [1.807, 2.05) is 24.3 Å². The molecule has 1 aromatic carbocycles. The largest absolute Gasteiger partial charge is 0.491 e. The van der Waals surface area contributed by atoms with Crippen molar-refractivity contribution in [1.29, 1.82) is 0 Å². The van der Waals surface area contributed by atoms with Crippen LogP contribution in [0.5, 0.6) is 5.75 Å². The Bertz CT molecular complexity index is 306. The van der Waals surface area contributed by atoms with E-state index in [2.05, 4.69) is 36.7 Å². The molecule has 0 N–H and O–H groups in total. The van der Waals surface area contributed by atoms with E-state index in [-0.39, 0.29) is 5.60 Å². The van der Waals surface area contributed by atoms with Crippen molar-refractivity contribution in [1.82, 2.24) is 0 Å². The molecule has 0 saturated heterocycles. The predicted octanol–water partition coefficient (Wildman–Crippen LogP) is 4.03. The van der Waals surface area contributed by atoms with Crippen LogP contribution in [-0.2, 0) is 4.74 Å². The topological polar surface area (TPSA) is 18.5 Å². The molecule has 0 aromatic heterocycles. The lowest BCUT2D eigenvalue weighted by Crippen LogP contribution is -2.25. The first-order valence-electron chi connectivity index (χ1n) is 5.56. The Morgan fingerprint density at radius 2 is 1.75 bits per heavy atom. The molecule has 2 nitrogen and oxygen atoms in total. The van der Waals surface area contributed by atoms with E-state index in [0.717, 1.165) is 16.6 Å². The van der Waals surface area contributed by atoms with Crippen molar-refractivity contribution in [2.24, 2.45) is 0 Å². The van der Waals surface area contributed by atoms with E-state index in [0.29, 0.717) is 13.2 Å². The highest BCUT2D eigenvalue weighted by molar-refractivity contribution is 9.10. The first-order valence-corrected chi connectivity index (χ1v) is 6.35. The molecule has 0 spiro atoms. The van der Waals surface area contributed by atoms with E-state index in [1.165, 1.54) is 0 Å². The minimum absolute atomic E-state index is 0.0525. The van der Waals surface area contributed by atoms with Crippen LogP contribution in [0.4, 0.5) is 0 Å². The molecule has 0 unspecified atom stereocenters. The third-order valence-electron chi connectivity index (χ3n) is 2.51. The average Bonchev–Trinajstić information content (AvgIpc) is 2.27. The van der Waals surface area contributed by atoms with Crippen molar-refractivity contribution in [3.8, 4) is 5.75 Å². The summed E-state index contributed by atoms with van der Waals surface area (Å²) >= 11 is 3.38. The molecule has 90 valence electrons. The van der Waals surface area contributed by atoms with Gasteiger partial charge in [-0.2, -0.15) is 0 Å². The SMILES string of the molecule is CCC(C)(C)OCCOc1ccc(Br)cc1. The van der Waals surface area contributed by atoms with Crippen molar-refractivity contribution in [2.45, 2.75) is 32.8 Å².